The monoisotopic (exact) mass is 179 g/mol. The predicted molar refractivity (Wildman–Crippen MR) is 48.6 cm³/mol. The van der Waals surface area contributed by atoms with Crippen LogP contribution in [0.2, 0.25) is 0 Å². The molecule has 11 heavy (non-hydrogen) atoms. The SMILES string of the molecule is CSC(C)NC(N)=NCCF. The Morgan fingerprint density at radius 2 is 2.45 bits per heavy atom. The Morgan fingerprint density at radius 3 is 2.91 bits per heavy atom. The minimum Gasteiger partial charge on any atom is -0.370 e. The molecule has 5 heteroatoms. The molecule has 0 aliphatic carbocycles. The van der Waals surface area contributed by atoms with Gasteiger partial charge in [-0.2, -0.15) is 0 Å². The zero-order chi connectivity index (χ0) is 8.69. The van der Waals surface area contributed by atoms with Gasteiger partial charge in [0.05, 0.1) is 11.9 Å². The molecule has 0 aromatic heterocycles. The summed E-state index contributed by atoms with van der Waals surface area (Å²) < 4.78 is 11.6. The van der Waals surface area contributed by atoms with Crippen LogP contribution in [0.3, 0.4) is 0 Å². The van der Waals surface area contributed by atoms with E-state index in [0.29, 0.717) is 5.96 Å². The molecule has 0 aromatic carbocycles. The highest BCUT2D eigenvalue weighted by molar-refractivity contribution is 7.99. The molecule has 0 aliphatic rings. The third kappa shape index (κ3) is 5.97. The average Bonchev–Trinajstić information content (AvgIpc) is 2.00. The quantitative estimate of drug-likeness (QED) is 0.377. The summed E-state index contributed by atoms with van der Waals surface area (Å²) in [5, 5.41) is 3.11. The van der Waals surface area contributed by atoms with Crippen molar-refractivity contribution in [2.75, 3.05) is 19.5 Å². The van der Waals surface area contributed by atoms with Gasteiger partial charge in [-0.25, -0.2) is 4.39 Å². The molecule has 3 N–H and O–H groups in total. The van der Waals surface area contributed by atoms with Crippen LogP contribution in [-0.4, -0.2) is 30.8 Å². The minimum atomic E-state index is -0.462. The van der Waals surface area contributed by atoms with Gasteiger partial charge in [-0.05, 0) is 13.2 Å². The van der Waals surface area contributed by atoms with E-state index in [-0.39, 0.29) is 11.9 Å². The van der Waals surface area contributed by atoms with E-state index in [1.54, 1.807) is 11.8 Å². The number of hydrogen-bond acceptors (Lipinski definition) is 2. The van der Waals surface area contributed by atoms with E-state index in [2.05, 4.69) is 10.3 Å². The van der Waals surface area contributed by atoms with E-state index in [4.69, 9.17) is 5.73 Å². The van der Waals surface area contributed by atoms with Gasteiger partial charge in [-0.3, -0.25) is 4.99 Å². The number of nitrogens with one attached hydrogen (secondary N) is 1. The van der Waals surface area contributed by atoms with Crippen molar-refractivity contribution in [1.29, 1.82) is 0 Å². The minimum absolute atomic E-state index is 0.139. The third-order valence-electron chi connectivity index (χ3n) is 1.07. The van der Waals surface area contributed by atoms with Gasteiger partial charge < -0.3 is 11.1 Å². The maximum atomic E-state index is 11.6. The summed E-state index contributed by atoms with van der Waals surface area (Å²) in [6.07, 6.45) is 1.96. The molecule has 0 heterocycles. The highest BCUT2D eigenvalue weighted by atomic mass is 32.2. The van der Waals surface area contributed by atoms with E-state index >= 15 is 0 Å². The summed E-state index contributed by atoms with van der Waals surface area (Å²) in [4.78, 5) is 3.73. The predicted octanol–water partition coefficient (Wildman–Crippen LogP) is 0.569. The van der Waals surface area contributed by atoms with Crippen molar-refractivity contribution in [3.63, 3.8) is 0 Å². The maximum absolute atomic E-state index is 11.6. The lowest BCUT2D eigenvalue weighted by molar-refractivity contribution is 0.504. The van der Waals surface area contributed by atoms with Crippen LogP contribution in [-0.2, 0) is 0 Å². The average molecular weight is 179 g/mol. The van der Waals surface area contributed by atoms with Gasteiger partial charge in [-0.15, -0.1) is 11.8 Å². The van der Waals surface area contributed by atoms with Gasteiger partial charge in [0.25, 0.3) is 0 Å². The molecule has 0 aromatic rings. The Kier molecular flexibility index (Phi) is 6.02. The smallest absolute Gasteiger partial charge is 0.189 e. The molecule has 1 unspecified atom stereocenters. The van der Waals surface area contributed by atoms with Gasteiger partial charge in [0, 0.05) is 0 Å². The summed E-state index contributed by atoms with van der Waals surface area (Å²) in [5.41, 5.74) is 5.40. The second kappa shape index (κ2) is 6.27. The lowest BCUT2D eigenvalue weighted by Crippen LogP contribution is -2.36. The number of halogens is 1. The van der Waals surface area contributed by atoms with Gasteiger partial charge >= 0.3 is 0 Å². The van der Waals surface area contributed by atoms with Crippen LogP contribution in [0.1, 0.15) is 6.92 Å². The lowest BCUT2D eigenvalue weighted by atomic mass is 10.7. The molecular weight excluding hydrogens is 165 g/mol. The molecule has 0 amide bonds. The van der Waals surface area contributed by atoms with E-state index in [9.17, 15) is 4.39 Å². The standard InChI is InChI=1S/C6H14FN3S/c1-5(11-2)10-6(8)9-4-3-7/h5H,3-4H2,1-2H3,(H3,8,9,10). The van der Waals surface area contributed by atoms with Crippen molar-refractivity contribution >= 4 is 17.7 Å². The molecule has 66 valence electrons. The van der Waals surface area contributed by atoms with Crippen LogP contribution < -0.4 is 11.1 Å². The summed E-state index contributed by atoms with van der Waals surface area (Å²) in [6, 6.07) is 0. The van der Waals surface area contributed by atoms with Crippen molar-refractivity contribution in [2.24, 2.45) is 10.7 Å². The fourth-order valence-corrected chi connectivity index (χ4v) is 0.714. The highest BCUT2D eigenvalue weighted by Crippen LogP contribution is 1.98. The molecule has 1 atom stereocenters. The van der Waals surface area contributed by atoms with E-state index < -0.39 is 6.67 Å². The molecule has 0 saturated heterocycles. The first-order chi connectivity index (χ1) is 5.20. The first-order valence-electron chi connectivity index (χ1n) is 3.36. The number of nitrogens with two attached hydrogens (primary N) is 1. The molecular formula is C6H14FN3S. The van der Waals surface area contributed by atoms with Crippen LogP contribution in [0.25, 0.3) is 0 Å². The summed E-state index contributed by atoms with van der Waals surface area (Å²) in [6.45, 7) is 1.64. The normalized spacial score (nSPS) is 14.6. The number of hydrogen-bond donors (Lipinski definition) is 2. The summed E-state index contributed by atoms with van der Waals surface area (Å²) >= 11 is 1.62. The van der Waals surface area contributed by atoms with Crippen LogP contribution in [0.15, 0.2) is 4.99 Å². The Balaban J connectivity index is 3.57. The van der Waals surface area contributed by atoms with Crippen molar-refractivity contribution in [1.82, 2.24) is 5.32 Å². The number of thioether (sulfide) groups is 1. The van der Waals surface area contributed by atoms with Crippen LogP contribution >= 0.6 is 11.8 Å². The van der Waals surface area contributed by atoms with Crippen molar-refractivity contribution in [3.8, 4) is 0 Å². The molecule has 0 radical (unpaired) electrons. The molecule has 0 saturated carbocycles. The molecule has 0 fully saturated rings. The number of rotatable bonds is 4. The van der Waals surface area contributed by atoms with Crippen LogP contribution in [0, 0.1) is 0 Å². The Labute approximate surface area is 70.6 Å². The number of alkyl halides is 1. The second-order valence-electron chi connectivity index (χ2n) is 1.98. The fraction of sp³-hybridized carbons (Fsp3) is 0.833. The first kappa shape index (κ1) is 10.6. The van der Waals surface area contributed by atoms with Crippen LogP contribution in [0.5, 0.6) is 0 Å². The van der Waals surface area contributed by atoms with E-state index in [0.717, 1.165) is 0 Å². The molecule has 0 spiro atoms. The largest absolute Gasteiger partial charge is 0.370 e. The van der Waals surface area contributed by atoms with E-state index in [1.165, 1.54) is 0 Å². The Bertz CT molecular complexity index is 129. The maximum Gasteiger partial charge on any atom is 0.189 e. The third-order valence-corrected chi connectivity index (χ3v) is 1.90. The lowest BCUT2D eigenvalue weighted by Gasteiger charge is -2.10. The van der Waals surface area contributed by atoms with Crippen molar-refractivity contribution in [2.45, 2.75) is 12.3 Å². The molecule has 0 bridgehead atoms. The summed E-state index contributed by atoms with van der Waals surface area (Å²) in [5.74, 6) is 0.310. The van der Waals surface area contributed by atoms with Crippen molar-refractivity contribution in [3.05, 3.63) is 0 Å². The second-order valence-corrected chi connectivity index (χ2v) is 3.16. The van der Waals surface area contributed by atoms with Crippen molar-refractivity contribution < 1.29 is 4.39 Å². The number of nitrogens with zero attached hydrogens (tertiary/aromatic N) is 1. The first-order valence-corrected chi connectivity index (χ1v) is 4.64. The molecule has 3 nitrogen and oxygen atoms in total. The van der Waals surface area contributed by atoms with Gasteiger partial charge in [0.2, 0.25) is 0 Å². The number of aliphatic imine (C=N–C) groups is 1. The Hall–Kier alpha value is -0.450. The van der Waals surface area contributed by atoms with Crippen LogP contribution in [0.4, 0.5) is 4.39 Å². The van der Waals surface area contributed by atoms with Gasteiger partial charge in [0.15, 0.2) is 5.96 Å². The number of guanidine groups is 1. The molecule has 0 rings (SSSR count). The fourth-order valence-electron chi connectivity index (χ4n) is 0.476. The zero-order valence-electron chi connectivity index (χ0n) is 6.80. The van der Waals surface area contributed by atoms with E-state index in [1.807, 2.05) is 13.2 Å². The summed E-state index contributed by atoms with van der Waals surface area (Å²) in [7, 11) is 0. The van der Waals surface area contributed by atoms with Gasteiger partial charge in [0.1, 0.15) is 6.67 Å². The topological polar surface area (TPSA) is 50.4 Å². The zero-order valence-corrected chi connectivity index (χ0v) is 7.62. The highest BCUT2D eigenvalue weighted by Gasteiger charge is 1.97. The Morgan fingerprint density at radius 1 is 1.82 bits per heavy atom. The molecule has 0 aliphatic heterocycles. The van der Waals surface area contributed by atoms with Gasteiger partial charge in [-0.1, -0.05) is 0 Å².